The summed E-state index contributed by atoms with van der Waals surface area (Å²) in [4.78, 5) is 0. The highest BCUT2D eigenvalue weighted by Gasteiger charge is 2.27. The molecule has 0 saturated heterocycles. The van der Waals surface area contributed by atoms with E-state index in [-0.39, 0.29) is 22.3 Å². The van der Waals surface area contributed by atoms with Crippen molar-refractivity contribution in [3.63, 3.8) is 0 Å². The highest BCUT2D eigenvalue weighted by molar-refractivity contribution is 6.31. The first-order valence-corrected chi connectivity index (χ1v) is 6.57. The minimum Gasteiger partial charge on any atom is -0.382 e. The second-order valence-electron chi connectivity index (χ2n) is 4.91. The molecule has 0 fully saturated rings. The number of rotatable bonds is 3. The Hall–Kier alpha value is -1.46. The van der Waals surface area contributed by atoms with E-state index in [1.54, 1.807) is 0 Å². The fourth-order valence-electron chi connectivity index (χ4n) is 2.08. The van der Waals surface area contributed by atoms with Gasteiger partial charge < -0.3 is 5.11 Å². The van der Waals surface area contributed by atoms with Crippen LogP contribution in [0.25, 0.3) is 0 Å². The second-order valence-corrected chi connectivity index (χ2v) is 5.32. The molecule has 6 heteroatoms. The Labute approximate surface area is 120 Å². The third-order valence-corrected chi connectivity index (χ3v) is 3.42. The Balaban J connectivity index is 2.61. The Morgan fingerprint density at radius 3 is 2.55 bits per heavy atom. The number of aliphatic hydroxyl groups is 1. The average molecular weight is 301 g/mol. The van der Waals surface area contributed by atoms with E-state index in [4.69, 9.17) is 11.6 Å². The summed E-state index contributed by atoms with van der Waals surface area (Å²) in [6.45, 7) is 5.18. The van der Waals surface area contributed by atoms with Crippen LogP contribution in [0.3, 0.4) is 0 Å². The van der Waals surface area contributed by atoms with Crippen molar-refractivity contribution in [3.8, 4) is 0 Å². The van der Waals surface area contributed by atoms with Gasteiger partial charge in [-0.25, -0.2) is 8.78 Å². The maximum atomic E-state index is 14.1. The van der Waals surface area contributed by atoms with Crippen molar-refractivity contribution >= 4 is 11.6 Å². The zero-order valence-electron chi connectivity index (χ0n) is 11.4. The van der Waals surface area contributed by atoms with Crippen molar-refractivity contribution in [2.75, 3.05) is 0 Å². The van der Waals surface area contributed by atoms with E-state index < -0.39 is 23.3 Å². The quantitative estimate of drug-likeness (QED) is 0.936. The van der Waals surface area contributed by atoms with E-state index in [9.17, 15) is 13.9 Å². The van der Waals surface area contributed by atoms with Crippen LogP contribution in [-0.4, -0.2) is 14.9 Å². The second kappa shape index (κ2) is 5.50. The lowest BCUT2D eigenvalue weighted by Crippen LogP contribution is -2.15. The topological polar surface area (TPSA) is 38.1 Å². The first kappa shape index (κ1) is 14.9. The zero-order valence-corrected chi connectivity index (χ0v) is 12.1. The van der Waals surface area contributed by atoms with Crippen LogP contribution in [0.15, 0.2) is 18.3 Å². The molecule has 2 aromatic rings. The van der Waals surface area contributed by atoms with Crippen molar-refractivity contribution < 1.29 is 13.9 Å². The normalized spacial score (nSPS) is 13.0. The van der Waals surface area contributed by atoms with Gasteiger partial charge >= 0.3 is 0 Å². The van der Waals surface area contributed by atoms with Crippen LogP contribution in [0.4, 0.5) is 8.78 Å². The molecule has 0 spiro atoms. The number of hydrogen-bond donors (Lipinski definition) is 1. The summed E-state index contributed by atoms with van der Waals surface area (Å²) in [5.41, 5.74) is 0.0338. The summed E-state index contributed by atoms with van der Waals surface area (Å²) in [7, 11) is 0. The molecule has 0 bridgehead atoms. The summed E-state index contributed by atoms with van der Waals surface area (Å²) in [6.07, 6.45) is -0.154. The minimum atomic E-state index is -1.51. The summed E-state index contributed by atoms with van der Waals surface area (Å²) < 4.78 is 29.4. The van der Waals surface area contributed by atoms with Crippen LogP contribution in [0.5, 0.6) is 0 Å². The third kappa shape index (κ3) is 2.43. The Morgan fingerprint density at radius 2 is 1.95 bits per heavy atom. The lowest BCUT2D eigenvalue weighted by molar-refractivity contribution is 0.194. The SMILES string of the molecule is Cc1ccc(F)c(C(O)c2c(Cl)cnn2C(C)C)c1F. The molecule has 3 nitrogen and oxygen atoms in total. The fraction of sp³-hybridized carbons (Fsp3) is 0.357. The van der Waals surface area contributed by atoms with Crippen molar-refractivity contribution in [1.82, 2.24) is 9.78 Å². The molecular weight excluding hydrogens is 286 g/mol. The molecule has 0 amide bonds. The standard InChI is InChI=1S/C14H15ClF2N2O/c1-7(2)19-13(9(15)6-18-19)14(20)11-10(16)5-4-8(3)12(11)17/h4-7,14,20H,1-3H3. The molecule has 1 aromatic heterocycles. The van der Waals surface area contributed by atoms with Crippen LogP contribution < -0.4 is 0 Å². The molecule has 20 heavy (non-hydrogen) atoms. The first-order valence-electron chi connectivity index (χ1n) is 6.20. The van der Waals surface area contributed by atoms with Gasteiger partial charge in [-0.05, 0) is 32.4 Å². The number of nitrogens with zero attached hydrogens (tertiary/aromatic N) is 2. The van der Waals surface area contributed by atoms with Crippen molar-refractivity contribution in [3.05, 3.63) is 51.8 Å². The number of halogens is 3. The van der Waals surface area contributed by atoms with Crippen molar-refractivity contribution in [2.45, 2.75) is 32.9 Å². The lowest BCUT2D eigenvalue weighted by atomic mass is 10.0. The lowest BCUT2D eigenvalue weighted by Gasteiger charge is -2.18. The predicted molar refractivity (Wildman–Crippen MR) is 72.8 cm³/mol. The number of aliphatic hydroxyl groups excluding tert-OH is 1. The molecule has 1 heterocycles. The molecule has 108 valence electrons. The summed E-state index contributed by atoms with van der Waals surface area (Å²) in [5.74, 6) is -1.58. The van der Waals surface area contributed by atoms with E-state index in [1.165, 1.54) is 23.9 Å². The third-order valence-electron chi connectivity index (χ3n) is 3.13. The molecule has 1 unspecified atom stereocenters. The highest BCUT2D eigenvalue weighted by Crippen LogP contribution is 2.33. The molecule has 1 N–H and O–H groups in total. The van der Waals surface area contributed by atoms with Gasteiger partial charge in [0.15, 0.2) is 0 Å². The monoisotopic (exact) mass is 300 g/mol. The number of aryl methyl sites for hydroxylation is 1. The zero-order chi connectivity index (χ0) is 15.0. The van der Waals surface area contributed by atoms with Gasteiger partial charge in [-0.3, -0.25) is 4.68 Å². The maximum Gasteiger partial charge on any atom is 0.135 e. The van der Waals surface area contributed by atoms with Crippen LogP contribution in [-0.2, 0) is 0 Å². The van der Waals surface area contributed by atoms with E-state index in [0.29, 0.717) is 0 Å². The van der Waals surface area contributed by atoms with Gasteiger partial charge in [-0.15, -0.1) is 0 Å². The van der Waals surface area contributed by atoms with E-state index in [1.807, 2.05) is 13.8 Å². The van der Waals surface area contributed by atoms with Gasteiger partial charge in [0.1, 0.15) is 17.7 Å². The minimum absolute atomic E-state index is 0.0944. The smallest absolute Gasteiger partial charge is 0.135 e. The van der Waals surface area contributed by atoms with Crippen LogP contribution in [0.2, 0.25) is 5.02 Å². The van der Waals surface area contributed by atoms with Crippen LogP contribution in [0.1, 0.15) is 42.8 Å². The van der Waals surface area contributed by atoms with Crippen LogP contribution >= 0.6 is 11.6 Å². The Kier molecular flexibility index (Phi) is 4.11. The van der Waals surface area contributed by atoms with Gasteiger partial charge in [0.2, 0.25) is 0 Å². The number of hydrogen-bond acceptors (Lipinski definition) is 2. The largest absolute Gasteiger partial charge is 0.382 e. The van der Waals surface area contributed by atoms with E-state index in [0.717, 1.165) is 6.07 Å². The average Bonchev–Trinajstić information content (AvgIpc) is 2.76. The molecule has 1 aromatic carbocycles. The molecule has 0 aliphatic heterocycles. The predicted octanol–water partition coefficient (Wildman–Crippen LogP) is 3.79. The molecule has 2 rings (SSSR count). The molecule has 0 aliphatic carbocycles. The highest BCUT2D eigenvalue weighted by atomic mass is 35.5. The van der Waals surface area contributed by atoms with Gasteiger partial charge in [0, 0.05) is 6.04 Å². The Bertz CT molecular complexity index is 640. The molecular formula is C14H15ClF2N2O. The van der Waals surface area contributed by atoms with E-state index in [2.05, 4.69) is 5.10 Å². The fourth-order valence-corrected chi connectivity index (χ4v) is 2.32. The van der Waals surface area contributed by atoms with Gasteiger partial charge in [0.25, 0.3) is 0 Å². The number of benzene rings is 1. The molecule has 0 radical (unpaired) electrons. The summed E-state index contributed by atoms with van der Waals surface area (Å²) in [5, 5.41) is 14.5. The van der Waals surface area contributed by atoms with Crippen LogP contribution in [0, 0.1) is 18.6 Å². The molecule has 0 aliphatic rings. The Morgan fingerprint density at radius 1 is 1.30 bits per heavy atom. The van der Waals surface area contributed by atoms with E-state index >= 15 is 0 Å². The van der Waals surface area contributed by atoms with Gasteiger partial charge in [-0.2, -0.15) is 5.10 Å². The summed E-state index contributed by atoms with van der Waals surface area (Å²) in [6, 6.07) is 2.35. The molecule has 0 saturated carbocycles. The van der Waals surface area contributed by atoms with Crippen molar-refractivity contribution in [2.24, 2.45) is 0 Å². The van der Waals surface area contributed by atoms with Gasteiger partial charge in [0.05, 0.1) is 22.5 Å². The maximum absolute atomic E-state index is 14.1. The number of aromatic nitrogens is 2. The summed E-state index contributed by atoms with van der Waals surface area (Å²) >= 11 is 5.99. The van der Waals surface area contributed by atoms with Crippen molar-refractivity contribution in [1.29, 1.82) is 0 Å². The molecule has 1 atom stereocenters. The first-order chi connectivity index (χ1) is 9.34. The van der Waals surface area contributed by atoms with Gasteiger partial charge in [-0.1, -0.05) is 17.7 Å².